The summed E-state index contributed by atoms with van der Waals surface area (Å²) >= 11 is 11.4. The minimum Gasteiger partial charge on any atom is -0.342 e. The van der Waals surface area contributed by atoms with Crippen LogP contribution in [0.15, 0.2) is 24.3 Å². The molecule has 0 saturated carbocycles. The third-order valence-corrected chi connectivity index (χ3v) is 3.08. The normalized spacial score (nSPS) is 10.3. The molecular weight excluding hydrogens is 257 g/mol. The van der Waals surface area contributed by atoms with E-state index >= 15 is 0 Å². The Morgan fingerprint density at radius 2 is 1.82 bits per heavy atom. The molecule has 0 fully saturated rings. The molecular formula is C13H17Cl2NO. The average molecular weight is 274 g/mol. The molecule has 1 aromatic carbocycles. The highest BCUT2D eigenvalue weighted by molar-refractivity contribution is 6.30. The Hall–Kier alpha value is -0.730. The topological polar surface area (TPSA) is 20.3 Å². The maximum atomic E-state index is 12.0. The quantitative estimate of drug-likeness (QED) is 0.570. The molecule has 0 heterocycles. The van der Waals surface area contributed by atoms with Crippen LogP contribution in [0.1, 0.15) is 29.6 Å². The monoisotopic (exact) mass is 273 g/mol. The fourth-order valence-electron chi connectivity index (χ4n) is 1.53. The number of unbranched alkanes of at least 4 members (excludes halogenated alkanes) is 2. The number of carbonyl (C=O) groups excluding carboxylic acids is 1. The zero-order chi connectivity index (χ0) is 12.7. The number of hydrogen-bond donors (Lipinski definition) is 0. The smallest absolute Gasteiger partial charge is 0.253 e. The maximum Gasteiger partial charge on any atom is 0.253 e. The Morgan fingerprint density at radius 1 is 1.18 bits per heavy atom. The van der Waals surface area contributed by atoms with E-state index in [1.807, 2.05) is 7.05 Å². The summed E-state index contributed by atoms with van der Waals surface area (Å²) in [7, 11) is 1.82. The van der Waals surface area contributed by atoms with Gasteiger partial charge in [0.15, 0.2) is 0 Å². The lowest BCUT2D eigenvalue weighted by Crippen LogP contribution is -2.27. The van der Waals surface area contributed by atoms with Gasteiger partial charge in [0.1, 0.15) is 0 Å². The molecule has 0 aliphatic carbocycles. The third-order valence-electron chi connectivity index (χ3n) is 2.57. The Balaban J connectivity index is 2.43. The van der Waals surface area contributed by atoms with Gasteiger partial charge < -0.3 is 4.90 Å². The van der Waals surface area contributed by atoms with Gasteiger partial charge in [-0.25, -0.2) is 0 Å². The molecule has 0 N–H and O–H groups in total. The van der Waals surface area contributed by atoms with E-state index in [0.29, 0.717) is 16.5 Å². The second-order valence-corrected chi connectivity index (χ2v) is 4.80. The Bertz CT molecular complexity index is 351. The highest BCUT2D eigenvalue weighted by Gasteiger charge is 2.10. The highest BCUT2D eigenvalue weighted by Crippen LogP contribution is 2.11. The summed E-state index contributed by atoms with van der Waals surface area (Å²) in [6, 6.07) is 6.96. The van der Waals surface area contributed by atoms with Gasteiger partial charge in [-0.2, -0.15) is 0 Å². The molecule has 1 amide bonds. The zero-order valence-electron chi connectivity index (χ0n) is 9.96. The van der Waals surface area contributed by atoms with Gasteiger partial charge in [0, 0.05) is 30.1 Å². The van der Waals surface area contributed by atoms with Crippen LogP contribution in [0, 0.1) is 0 Å². The summed E-state index contributed by atoms with van der Waals surface area (Å²) in [6.45, 7) is 0.762. The number of halogens is 2. The lowest BCUT2D eigenvalue weighted by molar-refractivity contribution is 0.0793. The van der Waals surface area contributed by atoms with Gasteiger partial charge in [-0.1, -0.05) is 18.0 Å². The lowest BCUT2D eigenvalue weighted by Gasteiger charge is -2.17. The number of nitrogens with zero attached hydrogens (tertiary/aromatic N) is 1. The van der Waals surface area contributed by atoms with Crippen molar-refractivity contribution in [2.45, 2.75) is 19.3 Å². The van der Waals surface area contributed by atoms with E-state index in [1.54, 1.807) is 29.2 Å². The second kappa shape index (κ2) is 7.57. The van der Waals surface area contributed by atoms with E-state index < -0.39 is 0 Å². The molecule has 1 aromatic rings. The van der Waals surface area contributed by atoms with Crippen molar-refractivity contribution in [1.82, 2.24) is 4.90 Å². The van der Waals surface area contributed by atoms with Crippen LogP contribution >= 0.6 is 23.2 Å². The summed E-state index contributed by atoms with van der Waals surface area (Å²) in [4.78, 5) is 13.7. The van der Waals surface area contributed by atoms with Crippen molar-refractivity contribution in [1.29, 1.82) is 0 Å². The first-order valence-electron chi connectivity index (χ1n) is 5.72. The van der Waals surface area contributed by atoms with Crippen LogP contribution in [0.4, 0.5) is 0 Å². The predicted octanol–water partition coefficient (Wildman–Crippen LogP) is 3.82. The molecule has 0 radical (unpaired) electrons. The molecule has 0 spiro atoms. The molecule has 94 valence electrons. The van der Waals surface area contributed by atoms with Crippen LogP contribution < -0.4 is 0 Å². The third kappa shape index (κ3) is 4.97. The first-order valence-corrected chi connectivity index (χ1v) is 6.63. The molecule has 0 unspecified atom stereocenters. The van der Waals surface area contributed by atoms with E-state index in [1.165, 1.54) is 0 Å². The maximum absolute atomic E-state index is 12.0. The van der Waals surface area contributed by atoms with Crippen LogP contribution in [0.2, 0.25) is 5.02 Å². The number of carbonyl (C=O) groups is 1. The summed E-state index contributed by atoms with van der Waals surface area (Å²) in [5.41, 5.74) is 0.675. The molecule has 4 heteroatoms. The van der Waals surface area contributed by atoms with Gasteiger partial charge in [-0.3, -0.25) is 4.79 Å². The number of alkyl halides is 1. The number of rotatable bonds is 6. The molecule has 0 atom stereocenters. The van der Waals surface area contributed by atoms with E-state index in [2.05, 4.69) is 0 Å². The molecule has 0 bridgehead atoms. The van der Waals surface area contributed by atoms with Gasteiger partial charge in [-0.15, -0.1) is 11.6 Å². The fourth-order valence-corrected chi connectivity index (χ4v) is 1.85. The summed E-state index contributed by atoms with van der Waals surface area (Å²) in [5.74, 6) is 0.724. The van der Waals surface area contributed by atoms with Crippen molar-refractivity contribution < 1.29 is 4.79 Å². The molecule has 0 aliphatic heterocycles. The first-order chi connectivity index (χ1) is 8.15. The largest absolute Gasteiger partial charge is 0.342 e. The van der Waals surface area contributed by atoms with Crippen molar-refractivity contribution in [2.75, 3.05) is 19.5 Å². The van der Waals surface area contributed by atoms with Crippen molar-refractivity contribution in [3.05, 3.63) is 34.9 Å². The summed E-state index contributed by atoms with van der Waals surface area (Å²) < 4.78 is 0. The standard InChI is InChI=1S/C13H17Cl2NO/c1-16(10-4-2-3-9-14)13(17)11-5-7-12(15)8-6-11/h5-8H,2-4,9-10H2,1H3. The molecule has 0 aliphatic rings. The number of hydrogen-bond acceptors (Lipinski definition) is 1. The summed E-state index contributed by atoms with van der Waals surface area (Å²) in [6.07, 6.45) is 3.05. The van der Waals surface area contributed by atoms with Gasteiger partial charge in [0.25, 0.3) is 5.91 Å². The van der Waals surface area contributed by atoms with Crippen LogP contribution in [-0.4, -0.2) is 30.3 Å². The van der Waals surface area contributed by atoms with Gasteiger partial charge in [-0.05, 0) is 37.1 Å². The van der Waals surface area contributed by atoms with Crippen LogP contribution in [0.25, 0.3) is 0 Å². The predicted molar refractivity (Wildman–Crippen MR) is 73.0 cm³/mol. The molecule has 17 heavy (non-hydrogen) atoms. The minimum absolute atomic E-state index is 0.0348. The number of benzene rings is 1. The molecule has 0 saturated heterocycles. The molecule has 2 nitrogen and oxygen atoms in total. The van der Waals surface area contributed by atoms with E-state index in [-0.39, 0.29) is 5.91 Å². The Labute approximate surface area is 113 Å². The Kier molecular flexibility index (Phi) is 6.38. The lowest BCUT2D eigenvalue weighted by atomic mass is 10.2. The number of amides is 1. The van der Waals surface area contributed by atoms with E-state index in [0.717, 1.165) is 25.8 Å². The van der Waals surface area contributed by atoms with Gasteiger partial charge in [0.2, 0.25) is 0 Å². The SMILES string of the molecule is CN(CCCCCCl)C(=O)c1ccc(Cl)cc1. The van der Waals surface area contributed by atoms with Crippen molar-refractivity contribution in [2.24, 2.45) is 0 Å². The van der Waals surface area contributed by atoms with Gasteiger partial charge in [0.05, 0.1) is 0 Å². The van der Waals surface area contributed by atoms with Crippen molar-refractivity contribution in [3.63, 3.8) is 0 Å². The van der Waals surface area contributed by atoms with Gasteiger partial charge >= 0.3 is 0 Å². The minimum atomic E-state index is 0.0348. The first kappa shape index (κ1) is 14.3. The van der Waals surface area contributed by atoms with E-state index in [9.17, 15) is 4.79 Å². The second-order valence-electron chi connectivity index (χ2n) is 3.98. The molecule has 0 aromatic heterocycles. The van der Waals surface area contributed by atoms with Crippen LogP contribution in [0.5, 0.6) is 0 Å². The van der Waals surface area contributed by atoms with Crippen LogP contribution in [-0.2, 0) is 0 Å². The molecule has 1 rings (SSSR count). The van der Waals surface area contributed by atoms with Crippen LogP contribution in [0.3, 0.4) is 0 Å². The van der Waals surface area contributed by atoms with Crippen molar-refractivity contribution >= 4 is 29.1 Å². The Morgan fingerprint density at radius 3 is 2.41 bits per heavy atom. The zero-order valence-corrected chi connectivity index (χ0v) is 11.5. The van der Waals surface area contributed by atoms with Crippen molar-refractivity contribution in [3.8, 4) is 0 Å². The van der Waals surface area contributed by atoms with E-state index in [4.69, 9.17) is 23.2 Å². The average Bonchev–Trinajstić information content (AvgIpc) is 2.34. The highest BCUT2D eigenvalue weighted by atomic mass is 35.5. The summed E-state index contributed by atoms with van der Waals surface area (Å²) in [5, 5.41) is 0.645. The fraction of sp³-hybridized carbons (Fsp3) is 0.462.